The van der Waals surface area contributed by atoms with Crippen LogP contribution in [0.4, 0.5) is 9.59 Å². The van der Waals surface area contributed by atoms with Crippen LogP contribution >= 0.6 is 0 Å². The van der Waals surface area contributed by atoms with Crippen LogP contribution in [0.2, 0.25) is 0 Å². The molecule has 0 saturated heterocycles. The van der Waals surface area contributed by atoms with Crippen LogP contribution in [0.25, 0.3) is 0 Å². The highest BCUT2D eigenvalue weighted by Gasteiger charge is 2.35. The number of methoxy groups -OCH3 is 1. The molecule has 0 aliphatic heterocycles. The maximum atomic E-state index is 12.2. The fraction of sp³-hybridized carbons (Fsp3) is 0.200. The Bertz CT molecular complexity index is 599. The van der Waals surface area contributed by atoms with E-state index >= 15 is 0 Å². The van der Waals surface area contributed by atoms with E-state index < -0.39 is 22.1 Å². The highest BCUT2D eigenvalue weighted by molar-refractivity contribution is 7.90. The van der Waals surface area contributed by atoms with Gasteiger partial charge in [-0.1, -0.05) is 12.1 Å². The number of carbonyl (C=O) groups excluding carboxylic acids is 2. The minimum absolute atomic E-state index is 0.00217. The van der Waals surface area contributed by atoms with Crippen LogP contribution in [0.5, 0.6) is 5.75 Å². The lowest BCUT2D eigenvalue weighted by molar-refractivity contribution is 0.214. The van der Waals surface area contributed by atoms with Crippen LogP contribution < -0.4 is 15.8 Å². The van der Waals surface area contributed by atoms with Gasteiger partial charge in [-0.2, -0.15) is 0 Å². The number of nitrogens with zero attached hydrogens (tertiary/aromatic N) is 1. The van der Waals surface area contributed by atoms with Crippen molar-refractivity contribution in [2.24, 2.45) is 5.73 Å². The normalized spacial score (nSPS) is 10.6. The highest BCUT2D eigenvalue weighted by Crippen LogP contribution is 2.26. The molecule has 4 amide bonds. The Labute approximate surface area is 110 Å². The summed E-state index contributed by atoms with van der Waals surface area (Å²) in [5.41, 5.74) is 4.93. The van der Waals surface area contributed by atoms with Crippen molar-refractivity contribution in [3.05, 3.63) is 24.3 Å². The van der Waals surface area contributed by atoms with E-state index in [1.165, 1.54) is 32.4 Å². The molecule has 0 radical (unpaired) electrons. The first kappa shape index (κ1) is 14.8. The third-order valence-corrected chi connectivity index (χ3v) is 3.91. The molecule has 3 N–H and O–H groups in total. The number of nitrogens with one attached hydrogen (secondary N) is 1. The van der Waals surface area contributed by atoms with Crippen LogP contribution in [0.1, 0.15) is 0 Å². The van der Waals surface area contributed by atoms with Gasteiger partial charge in [0.05, 0.1) is 7.11 Å². The van der Waals surface area contributed by atoms with Crippen LogP contribution in [0, 0.1) is 0 Å². The van der Waals surface area contributed by atoms with Crippen molar-refractivity contribution in [3.63, 3.8) is 0 Å². The molecule has 0 aliphatic carbocycles. The quantitative estimate of drug-likeness (QED) is 0.817. The summed E-state index contributed by atoms with van der Waals surface area (Å²) >= 11 is 0. The topological polar surface area (TPSA) is 119 Å². The minimum Gasteiger partial charge on any atom is -0.495 e. The van der Waals surface area contributed by atoms with E-state index in [-0.39, 0.29) is 15.0 Å². The Hall–Kier alpha value is -2.29. The second-order valence-corrected chi connectivity index (χ2v) is 5.07. The van der Waals surface area contributed by atoms with Crippen molar-refractivity contribution in [3.8, 4) is 5.75 Å². The Morgan fingerprint density at radius 2 is 1.89 bits per heavy atom. The lowest BCUT2D eigenvalue weighted by Crippen LogP contribution is -2.48. The zero-order valence-corrected chi connectivity index (χ0v) is 11.1. The summed E-state index contributed by atoms with van der Waals surface area (Å²) in [5.74, 6) is -0.00217. The molecular weight excluding hydrogens is 274 g/mol. The standard InChI is InChI=1S/C10H13N3O5S/c1-12-10(15)13(9(11)14)19(16,17)8-6-4-3-5-7(8)18-2/h3-6H,1-2H3,(H2,11,14)(H,12,15). The molecule has 19 heavy (non-hydrogen) atoms. The summed E-state index contributed by atoms with van der Waals surface area (Å²) in [5, 5.41) is 2.03. The Morgan fingerprint density at radius 3 is 2.37 bits per heavy atom. The van der Waals surface area contributed by atoms with E-state index in [4.69, 9.17) is 10.5 Å². The van der Waals surface area contributed by atoms with Gasteiger partial charge in [-0.3, -0.25) is 0 Å². The van der Waals surface area contributed by atoms with E-state index in [1.807, 2.05) is 5.32 Å². The van der Waals surface area contributed by atoms with Crippen molar-refractivity contribution < 1.29 is 22.7 Å². The van der Waals surface area contributed by atoms with Crippen LogP contribution in [0.3, 0.4) is 0 Å². The third-order valence-electron chi connectivity index (χ3n) is 2.19. The Morgan fingerprint density at radius 1 is 1.32 bits per heavy atom. The van der Waals surface area contributed by atoms with Crippen LogP contribution in [-0.4, -0.2) is 38.9 Å². The number of hydrogen-bond donors (Lipinski definition) is 2. The van der Waals surface area contributed by atoms with Crippen molar-refractivity contribution in [1.29, 1.82) is 0 Å². The predicted octanol–water partition coefficient (Wildman–Crippen LogP) is 0.104. The molecular formula is C10H13N3O5S. The summed E-state index contributed by atoms with van der Waals surface area (Å²) in [6.07, 6.45) is 0. The van der Waals surface area contributed by atoms with Gasteiger partial charge in [-0.05, 0) is 12.1 Å². The molecule has 0 aliphatic rings. The number of primary amides is 1. The molecule has 0 saturated carbocycles. The predicted molar refractivity (Wildman–Crippen MR) is 66.1 cm³/mol. The molecule has 1 aromatic rings. The molecule has 8 nitrogen and oxygen atoms in total. The minimum atomic E-state index is -4.43. The number of ether oxygens (including phenoxy) is 1. The fourth-order valence-corrected chi connectivity index (χ4v) is 2.76. The molecule has 0 bridgehead atoms. The second-order valence-electron chi connectivity index (χ2n) is 3.31. The van der Waals surface area contributed by atoms with E-state index in [0.29, 0.717) is 0 Å². The zero-order valence-electron chi connectivity index (χ0n) is 10.3. The number of rotatable bonds is 3. The fourth-order valence-electron chi connectivity index (χ4n) is 1.36. The smallest absolute Gasteiger partial charge is 0.339 e. The van der Waals surface area contributed by atoms with E-state index in [9.17, 15) is 18.0 Å². The largest absolute Gasteiger partial charge is 0.495 e. The van der Waals surface area contributed by atoms with Crippen molar-refractivity contribution >= 4 is 22.1 Å². The van der Waals surface area contributed by atoms with Gasteiger partial charge in [-0.15, -0.1) is 4.31 Å². The first-order valence-corrected chi connectivity index (χ1v) is 6.49. The number of para-hydroxylation sites is 1. The van der Waals surface area contributed by atoms with Gasteiger partial charge in [0, 0.05) is 7.05 Å². The van der Waals surface area contributed by atoms with Gasteiger partial charge in [0.25, 0.3) is 10.0 Å². The summed E-state index contributed by atoms with van der Waals surface area (Å²) < 4.78 is 29.3. The van der Waals surface area contributed by atoms with Crippen molar-refractivity contribution in [1.82, 2.24) is 9.62 Å². The first-order valence-electron chi connectivity index (χ1n) is 5.05. The lowest BCUT2D eigenvalue weighted by Gasteiger charge is -2.19. The maximum Gasteiger partial charge on any atom is 0.339 e. The molecule has 1 aromatic carbocycles. The van der Waals surface area contributed by atoms with Gasteiger partial charge in [0.2, 0.25) is 0 Å². The molecule has 104 valence electrons. The number of nitrogens with two attached hydrogens (primary N) is 1. The Kier molecular flexibility index (Phi) is 4.33. The average molecular weight is 287 g/mol. The summed E-state index contributed by atoms with van der Waals surface area (Å²) in [4.78, 5) is 22.3. The number of benzene rings is 1. The molecule has 0 atom stereocenters. The van der Waals surface area contributed by atoms with Gasteiger partial charge in [0.15, 0.2) is 0 Å². The SMILES string of the molecule is CNC(=O)N(C(N)=O)S(=O)(=O)c1ccccc1OC. The lowest BCUT2D eigenvalue weighted by atomic mass is 10.3. The summed E-state index contributed by atoms with van der Waals surface area (Å²) in [6.45, 7) is 0. The monoisotopic (exact) mass is 287 g/mol. The van der Waals surface area contributed by atoms with Gasteiger partial charge in [0.1, 0.15) is 10.6 Å². The van der Waals surface area contributed by atoms with Gasteiger partial charge in [-0.25, -0.2) is 18.0 Å². The molecule has 0 spiro atoms. The molecule has 0 heterocycles. The van der Waals surface area contributed by atoms with Gasteiger partial charge >= 0.3 is 12.1 Å². The van der Waals surface area contributed by atoms with Crippen LogP contribution in [-0.2, 0) is 10.0 Å². The average Bonchev–Trinajstić information content (AvgIpc) is 2.37. The van der Waals surface area contributed by atoms with E-state index in [1.54, 1.807) is 6.07 Å². The number of sulfonamides is 1. The molecule has 0 fully saturated rings. The number of hydrogen-bond acceptors (Lipinski definition) is 5. The number of amides is 4. The number of urea groups is 2. The van der Waals surface area contributed by atoms with Crippen molar-refractivity contribution in [2.45, 2.75) is 4.90 Å². The summed E-state index contributed by atoms with van der Waals surface area (Å²) in [7, 11) is -1.99. The third kappa shape index (κ3) is 2.76. The highest BCUT2D eigenvalue weighted by atomic mass is 32.2. The first-order chi connectivity index (χ1) is 8.86. The molecule has 0 aromatic heterocycles. The molecule has 1 rings (SSSR count). The maximum absolute atomic E-state index is 12.2. The molecule has 9 heteroatoms. The van der Waals surface area contributed by atoms with E-state index in [2.05, 4.69) is 0 Å². The van der Waals surface area contributed by atoms with Crippen LogP contribution in [0.15, 0.2) is 29.2 Å². The number of imide groups is 1. The Balaban J connectivity index is 3.44. The molecule has 0 unspecified atom stereocenters. The second kappa shape index (κ2) is 5.57. The zero-order chi connectivity index (χ0) is 14.6. The number of carbonyl (C=O) groups is 2. The van der Waals surface area contributed by atoms with E-state index in [0.717, 1.165) is 0 Å². The van der Waals surface area contributed by atoms with Crippen molar-refractivity contribution in [2.75, 3.05) is 14.2 Å². The summed E-state index contributed by atoms with van der Waals surface area (Å²) in [6, 6.07) is 3.00. The van der Waals surface area contributed by atoms with Gasteiger partial charge < -0.3 is 15.8 Å².